The standard InChI is InChI=1S/C10H11BrN2O4/c11-8-6-7(3-4-9(8)13(16)17)12-10(15)2-1-5-14/h3-4,6,14H,1-2,5H2,(H,12,15). The molecule has 1 aromatic rings. The van der Waals surface area contributed by atoms with Crippen molar-refractivity contribution in [2.45, 2.75) is 12.8 Å². The van der Waals surface area contributed by atoms with Crippen LogP contribution in [-0.4, -0.2) is 22.5 Å². The second kappa shape index (κ2) is 6.31. The molecule has 92 valence electrons. The van der Waals surface area contributed by atoms with Crippen molar-refractivity contribution in [3.8, 4) is 0 Å². The summed E-state index contributed by atoms with van der Waals surface area (Å²) in [4.78, 5) is 21.4. The summed E-state index contributed by atoms with van der Waals surface area (Å²) in [5.41, 5.74) is 0.420. The molecule has 0 heterocycles. The Labute approximate surface area is 106 Å². The Morgan fingerprint density at radius 3 is 2.76 bits per heavy atom. The molecule has 17 heavy (non-hydrogen) atoms. The van der Waals surface area contributed by atoms with E-state index in [2.05, 4.69) is 21.2 Å². The largest absolute Gasteiger partial charge is 0.396 e. The number of carbonyl (C=O) groups excluding carboxylic acids is 1. The molecular formula is C10H11BrN2O4. The van der Waals surface area contributed by atoms with Gasteiger partial charge in [-0.3, -0.25) is 14.9 Å². The van der Waals surface area contributed by atoms with Crippen LogP contribution in [0.2, 0.25) is 0 Å². The molecule has 1 amide bonds. The number of nitro groups is 1. The van der Waals surface area contributed by atoms with Gasteiger partial charge in [0, 0.05) is 24.8 Å². The third-order valence-corrected chi connectivity index (χ3v) is 2.63. The van der Waals surface area contributed by atoms with Gasteiger partial charge >= 0.3 is 0 Å². The van der Waals surface area contributed by atoms with Gasteiger partial charge in [-0.1, -0.05) is 0 Å². The van der Waals surface area contributed by atoms with Crippen molar-refractivity contribution in [3.05, 3.63) is 32.8 Å². The van der Waals surface area contributed by atoms with Gasteiger partial charge in [0.15, 0.2) is 0 Å². The Balaban J connectivity index is 2.70. The quantitative estimate of drug-likeness (QED) is 0.643. The number of amides is 1. The summed E-state index contributed by atoms with van der Waals surface area (Å²) in [5.74, 6) is -0.236. The number of aliphatic hydroxyl groups excluding tert-OH is 1. The summed E-state index contributed by atoms with van der Waals surface area (Å²) in [6.07, 6.45) is 0.602. The van der Waals surface area contributed by atoms with Crippen molar-refractivity contribution in [3.63, 3.8) is 0 Å². The van der Waals surface area contributed by atoms with Gasteiger partial charge in [-0.25, -0.2) is 0 Å². The van der Waals surface area contributed by atoms with E-state index in [-0.39, 0.29) is 24.6 Å². The molecule has 0 atom stereocenters. The molecule has 0 aliphatic rings. The summed E-state index contributed by atoms with van der Waals surface area (Å²) in [6.45, 7) is -0.0443. The zero-order valence-electron chi connectivity index (χ0n) is 8.85. The van der Waals surface area contributed by atoms with Crippen LogP contribution < -0.4 is 5.32 Å². The van der Waals surface area contributed by atoms with Gasteiger partial charge in [0.05, 0.1) is 9.40 Å². The van der Waals surface area contributed by atoms with Crippen molar-refractivity contribution < 1.29 is 14.8 Å². The second-order valence-electron chi connectivity index (χ2n) is 3.30. The predicted octanol–water partition coefficient (Wildman–Crippen LogP) is 2.07. The van der Waals surface area contributed by atoms with E-state index in [0.717, 1.165) is 0 Å². The molecule has 2 N–H and O–H groups in total. The zero-order valence-corrected chi connectivity index (χ0v) is 10.4. The second-order valence-corrected chi connectivity index (χ2v) is 4.15. The van der Waals surface area contributed by atoms with Crippen molar-refractivity contribution in [1.29, 1.82) is 0 Å². The highest BCUT2D eigenvalue weighted by molar-refractivity contribution is 9.10. The minimum atomic E-state index is -0.512. The third kappa shape index (κ3) is 4.12. The molecule has 0 aliphatic carbocycles. The predicted molar refractivity (Wildman–Crippen MR) is 65.7 cm³/mol. The fraction of sp³-hybridized carbons (Fsp3) is 0.300. The molecule has 7 heteroatoms. The van der Waals surface area contributed by atoms with Gasteiger partial charge in [0.1, 0.15) is 0 Å². The molecule has 0 saturated carbocycles. The minimum Gasteiger partial charge on any atom is -0.396 e. The van der Waals surface area contributed by atoms with E-state index < -0.39 is 4.92 Å². The highest BCUT2D eigenvalue weighted by atomic mass is 79.9. The number of nitrogens with one attached hydrogen (secondary N) is 1. The molecule has 0 aliphatic heterocycles. The number of carbonyl (C=O) groups is 1. The van der Waals surface area contributed by atoms with Crippen LogP contribution in [0.15, 0.2) is 22.7 Å². The maximum absolute atomic E-state index is 11.3. The lowest BCUT2D eigenvalue weighted by atomic mass is 10.2. The summed E-state index contributed by atoms with van der Waals surface area (Å²) < 4.78 is 0.308. The Morgan fingerprint density at radius 2 is 2.24 bits per heavy atom. The van der Waals surface area contributed by atoms with Crippen molar-refractivity contribution in [1.82, 2.24) is 0 Å². The van der Waals surface area contributed by atoms with Gasteiger partial charge < -0.3 is 10.4 Å². The SMILES string of the molecule is O=C(CCCO)Nc1ccc([N+](=O)[O-])c(Br)c1. The van der Waals surface area contributed by atoms with E-state index in [4.69, 9.17) is 5.11 Å². The highest BCUT2D eigenvalue weighted by Crippen LogP contribution is 2.27. The summed E-state index contributed by atoms with van der Waals surface area (Å²) >= 11 is 3.06. The molecule has 0 bridgehead atoms. The van der Waals surface area contributed by atoms with E-state index >= 15 is 0 Å². The average Bonchev–Trinajstić information content (AvgIpc) is 2.26. The van der Waals surface area contributed by atoms with E-state index in [9.17, 15) is 14.9 Å². The first-order chi connectivity index (χ1) is 8.04. The molecule has 0 unspecified atom stereocenters. The van der Waals surface area contributed by atoms with Crippen LogP contribution in [0, 0.1) is 10.1 Å². The van der Waals surface area contributed by atoms with E-state index in [0.29, 0.717) is 16.6 Å². The third-order valence-electron chi connectivity index (χ3n) is 1.99. The molecule has 0 radical (unpaired) electrons. The van der Waals surface area contributed by atoms with E-state index in [1.165, 1.54) is 18.2 Å². The number of nitrogens with zero attached hydrogens (tertiary/aromatic N) is 1. The number of halogens is 1. The van der Waals surface area contributed by atoms with Crippen LogP contribution in [0.5, 0.6) is 0 Å². The molecular weight excluding hydrogens is 292 g/mol. The molecule has 1 rings (SSSR count). The van der Waals surface area contributed by atoms with E-state index in [1.807, 2.05) is 0 Å². The van der Waals surface area contributed by atoms with Gasteiger partial charge in [0.2, 0.25) is 5.91 Å². The number of hydrogen-bond acceptors (Lipinski definition) is 4. The molecule has 1 aromatic carbocycles. The fourth-order valence-corrected chi connectivity index (χ4v) is 1.72. The first kappa shape index (κ1) is 13.6. The smallest absolute Gasteiger partial charge is 0.283 e. The number of nitro benzene ring substituents is 1. The van der Waals surface area contributed by atoms with Gasteiger partial charge in [-0.2, -0.15) is 0 Å². The Bertz CT molecular complexity index is 436. The lowest BCUT2D eigenvalue weighted by Crippen LogP contribution is -2.11. The first-order valence-electron chi connectivity index (χ1n) is 4.89. The van der Waals surface area contributed by atoms with Crippen molar-refractivity contribution in [2.75, 3.05) is 11.9 Å². The summed E-state index contributed by atoms with van der Waals surface area (Å²) in [6, 6.07) is 4.24. The van der Waals surface area contributed by atoms with Crippen LogP contribution in [0.1, 0.15) is 12.8 Å². The first-order valence-corrected chi connectivity index (χ1v) is 5.68. The van der Waals surface area contributed by atoms with Crippen LogP contribution in [0.25, 0.3) is 0 Å². The summed E-state index contributed by atoms with van der Waals surface area (Å²) in [5, 5.41) is 21.7. The highest BCUT2D eigenvalue weighted by Gasteiger charge is 2.12. The minimum absolute atomic E-state index is 0.0443. The molecule has 0 aromatic heterocycles. The number of anilines is 1. The molecule has 0 saturated heterocycles. The maximum atomic E-state index is 11.3. The van der Waals surface area contributed by atoms with Crippen LogP contribution >= 0.6 is 15.9 Å². The van der Waals surface area contributed by atoms with Gasteiger partial charge in [0.25, 0.3) is 5.69 Å². The van der Waals surface area contributed by atoms with Crippen LogP contribution in [-0.2, 0) is 4.79 Å². The normalized spacial score (nSPS) is 10.0. The lowest BCUT2D eigenvalue weighted by Gasteiger charge is -2.05. The average molecular weight is 303 g/mol. The Morgan fingerprint density at radius 1 is 1.53 bits per heavy atom. The summed E-state index contributed by atoms with van der Waals surface area (Å²) in [7, 11) is 0. The number of benzene rings is 1. The maximum Gasteiger partial charge on any atom is 0.283 e. The molecule has 0 fully saturated rings. The Hall–Kier alpha value is -1.47. The van der Waals surface area contributed by atoms with Crippen molar-refractivity contribution in [2.24, 2.45) is 0 Å². The fourth-order valence-electron chi connectivity index (χ4n) is 1.20. The van der Waals surface area contributed by atoms with Crippen molar-refractivity contribution >= 4 is 33.2 Å². The Kier molecular flexibility index (Phi) is 5.05. The van der Waals surface area contributed by atoms with Crippen LogP contribution in [0.3, 0.4) is 0 Å². The molecule has 6 nitrogen and oxygen atoms in total. The van der Waals surface area contributed by atoms with Gasteiger partial charge in [-0.15, -0.1) is 0 Å². The zero-order chi connectivity index (χ0) is 12.8. The number of aliphatic hydroxyl groups is 1. The number of rotatable bonds is 5. The van der Waals surface area contributed by atoms with E-state index in [1.54, 1.807) is 0 Å². The van der Waals surface area contributed by atoms with Crippen LogP contribution in [0.4, 0.5) is 11.4 Å². The topological polar surface area (TPSA) is 92.5 Å². The lowest BCUT2D eigenvalue weighted by molar-refractivity contribution is -0.385. The molecule has 0 spiro atoms. The van der Waals surface area contributed by atoms with Gasteiger partial charge in [-0.05, 0) is 34.5 Å². The monoisotopic (exact) mass is 302 g/mol. The number of hydrogen-bond donors (Lipinski definition) is 2.